The normalized spacial score (nSPS) is 11.8. The molecule has 1 atom stereocenters. The van der Waals surface area contributed by atoms with Crippen LogP contribution in [0.25, 0.3) is 0 Å². The van der Waals surface area contributed by atoms with Gasteiger partial charge in [-0.15, -0.1) is 0 Å². The van der Waals surface area contributed by atoms with Gasteiger partial charge in [0.15, 0.2) is 0 Å². The van der Waals surface area contributed by atoms with Crippen molar-refractivity contribution in [3.8, 4) is 11.5 Å². The topological polar surface area (TPSA) is 65.4 Å². The van der Waals surface area contributed by atoms with E-state index in [4.69, 9.17) is 9.47 Å². The van der Waals surface area contributed by atoms with Crippen molar-refractivity contribution >= 4 is 5.91 Å². The lowest BCUT2D eigenvalue weighted by Gasteiger charge is -2.20. The zero-order valence-corrected chi connectivity index (χ0v) is 14.0. The smallest absolute Gasteiger partial charge is 0.220 e. The number of carbonyl (C=O) groups excluding carboxylic acids is 1. The number of carbonyl (C=O) groups is 1. The van der Waals surface area contributed by atoms with Gasteiger partial charge in [0.1, 0.15) is 23.4 Å². The molecular weight excluding hydrogens is 294 g/mol. The Hall–Kier alpha value is -2.50. The molecule has 0 spiro atoms. The van der Waals surface area contributed by atoms with Crippen molar-refractivity contribution in [3.05, 3.63) is 42.0 Å². The second-order valence-electron chi connectivity index (χ2n) is 5.29. The molecule has 1 unspecified atom stereocenters. The Balaban J connectivity index is 2.44. The van der Waals surface area contributed by atoms with Crippen molar-refractivity contribution in [3.63, 3.8) is 0 Å². The van der Waals surface area contributed by atoms with Crippen LogP contribution in [0, 0.1) is 0 Å². The third-order valence-electron chi connectivity index (χ3n) is 3.61. The maximum absolute atomic E-state index is 12.1. The highest BCUT2D eigenvalue weighted by atomic mass is 16.5. The molecule has 1 amide bonds. The van der Waals surface area contributed by atoms with Gasteiger partial charge in [0.25, 0.3) is 0 Å². The number of aryl methyl sites for hydroxylation is 1. The summed E-state index contributed by atoms with van der Waals surface area (Å²) >= 11 is 0. The molecule has 0 aliphatic carbocycles. The maximum atomic E-state index is 12.1. The first-order valence-corrected chi connectivity index (χ1v) is 7.58. The molecule has 2 aromatic rings. The Bertz CT molecular complexity index is 645. The second kappa shape index (κ2) is 7.67. The molecule has 0 bridgehead atoms. The van der Waals surface area contributed by atoms with Crippen LogP contribution in [0.2, 0.25) is 0 Å². The van der Waals surface area contributed by atoms with Gasteiger partial charge < -0.3 is 19.4 Å². The molecule has 1 heterocycles. The van der Waals surface area contributed by atoms with Crippen LogP contribution < -0.4 is 14.8 Å². The number of nitrogens with one attached hydrogen (secondary N) is 1. The van der Waals surface area contributed by atoms with Crippen LogP contribution >= 0.6 is 0 Å². The van der Waals surface area contributed by atoms with E-state index in [1.165, 1.54) is 0 Å². The van der Waals surface area contributed by atoms with Crippen LogP contribution in [-0.2, 0) is 11.8 Å². The number of aromatic nitrogens is 2. The van der Waals surface area contributed by atoms with E-state index >= 15 is 0 Å². The van der Waals surface area contributed by atoms with E-state index in [1.807, 2.05) is 36.9 Å². The molecule has 0 fully saturated rings. The van der Waals surface area contributed by atoms with Crippen molar-refractivity contribution in [1.29, 1.82) is 0 Å². The molecular formula is C17H23N3O3. The number of hydrogen-bond acceptors (Lipinski definition) is 4. The zero-order chi connectivity index (χ0) is 16.8. The summed E-state index contributed by atoms with van der Waals surface area (Å²) in [7, 11) is 5.10. The van der Waals surface area contributed by atoms with E-state index in [9.17, 15) is 4.79 Å². The molecule has 23 heavy (non-hydrogen) atoms. The number of imidazole rings is 1. The van der Waals surface area contributed by atoms with Gasteiger partial charge in [-0.3, -0.25) is 4.79 Å². The summed E-state index contributed by atoms with van der Waals surface area (Å²) in [6, 6.07) is 5.20. The molecule has 1 aromatic carbocycles. The summed E-state index contributed by atoms with van der Waals surface area (Å²) in [5, 5.41) is 3.05. The van der Waals surface area contributed by atoms with Gasteiger partial charge in [0.05, 0.1) is 14.2 Å². The first-order valence-electron chi connectivity index (χ1n) is 7.58. The number of rotatable bonds is 7. The summed E-state index contributed by atoms with van der Waals surface area (Å²) in [5.41, 5.74) is 0.861. The lowest BCUT2D eigenvalue weighted by molar-refractivity contribution is -0.121. The van der Waals surface area contributed by atoms with E-state index in [2.05, 4.69) is 10.3 Å². The number of methoxy groups -OCH3 is 2. The number of amides is 1. The minimum Gasteiger partial charge on any atom is -0.497 e. The number of nitrogens with zero attached hydrogens (tertiary/aromatic N) is 2. The molecule has 6 heteroatoms. The van der Waals surface area contributed by atoms with E-state index in [0.29, 0.717) is 17.9 Å². The predicted octanol–water partition coefficient (Wildman–Crippen LogP) is 2.44. The molecule has 0 radical (unpaired) electrons. The monoisotopic (exact) mass is 317 g/mol. The fraction of sp³-hybridized carbons (Fsp3) is 0.412. The predicted molar refractivity (Wildman–Crippen MR) is 87.6 cm³/mol. The van der Waals surface area contributed by atoms with Crippen molar-refractivity contribution in [2.45, 2.75) is 25.8 Å². The summed E-state index contributed by atoms with van der Waals surface area (Å²) in [6.07, 6.45) is 4.83. The van der Waals surface area contributed by atoms with E-state index < -0.39 is 0 Å². The summed E-state index contributed by atoms with van der Waals surface area (Å²) in [5.74, 6) is 2.08. The molecule has 0 saturated carbocycles. The van der Waals surface area contributed by atoms with Gasteiger partial charge >= 0.3 is 0 Å². The van der Waals surface area contributed by atoms with Gasteiger partial charge in [-0.25, -0.2) is 4.98 Å². The van der Waals surface area contributed by atoms with Crippen molar-refractivity contribution in [1.82, 2.24) is 14.9 Å². The van der Waals surface area contributed by atoms with Crippen molar-refractivity contribution < 1.29 is 14.3 Å². The van der Waals surface area contributed by atoms with E-state index in [1.54, 1.807) is 26.5 Å². The highest BCUT2D eigenvalue weighted by Gasteiger charge is 2.22. The molecule has 6 nitrogen and oxygen atoms in total. The third kappa shape index (κ3) is 4.03. The largest absolute Gasteiger partial charge is 0.497 e. The van der Waals surface area contributed by atoms with Gasteiger partial charge in [-0.05, 0) is 24.1 Å². The number of hydrogen-bond donors (Lipinski definition) is 1. The second-order valence-corrected chi connectivity index (χ2v) is 5.29. The Labute approximate surface area is 136 Å². The summed E-state index contributed by atoms with van der Waals surface area (Å²) < 4.78 is 12.5. The van der Waals surface area contributed by atoms with Crippen molar-refractivity contribution in [2.24, 2.45) is 7.05 Å². The zero-order valence-electron chi connectivity index (χ0n) is 14.0. The number of benzene rings is 1. The van der Waals surface area contributed by atoms with Crippen LogP contribution in [-0.4, -0.2) is 29.7 Å². The molecule has 0 saturated heterocycles. The van der Waals surface area contributed by atoms with Crippen LogP contribution in [0.5, 0.6) is 11.5 Å². The Morgan fingerprint density at radius 1 is 1.26 bits per heavy atom. The summed E-state index contributed by atoms with van der Waals surface area (Å²) in [4.78, 5) is 16.5. The minimum absolute atomic E-state index is 0.0118. The lowest BCUT2D eigenvalue weighted by atomic mass is 10.0. The van der Waals surface area contributed by atoms with Gasteiger partial charge in [-0.1, -0.05) is 6.92 Å². The third-order valence-corrected chi connectivity index (χ3v) is 3.61. The Morgan fingerprint density at radius 3 is 2.39 bits per heavy atom. The molecule has 0 aliphatic rings. The van der Waals surface area contributed by atoms with E-state index in [0.717, 1.165) is 17.8 Å². The lowest BCUT2D eigenvalue weighted by Crippen LogP contribution is -2.30. The highest BCUT2D eigenvalue weighted by molar-refractivity contribution is 5.76. The standard InChI is InChI=1S/C17H23N3O3/c1-5-6-15(21)19-16(17-18-7-8-20(17)2)12-9-13(22-3)11-14(10-12)23-4/h7-11,16H,5-6H2,1-4H3,(H,19,21). The summed E-state index contributed by atoms with van der Waals surface area (Å²) in [6.45, 7) is 1.98. The highest BCUT2D eigenvalue weighted by Crippen LogP contribution is 2.29. The first kappa shape index (κ1) is 16.9. The van der Waals surface area contributed by atoms with Gasteiger partial charge in [0, 0.05) is 31.9 Å². The Kier molecular flexibility index (Phi) is 5.62. The average molecular weight is 317 g/mol. The van der Waals surface area contributed by atoms with Crippen LogP contribution in [0.3, 0.4) is 0 Å². The molecule has 2 rings (SSSR count). The molecule has 0 aliphatic heterocycles. The molecule has 1 N–H and O–H groups in total. The van der Waals surface area contributed by atoms with Crippen LogP contribution in [0.4, 0.5) is 0 Å². The van der Waals surface area contributed by atoms with E-state index in [-0.39, 0.29) is 11.9 Å². The molecule has 124 valence electrons. The SMILES string of the molecule is CCCC(=O)NC(c1cc(OC)cc(OC)c1)c1nccn1C. The quantitative estimate of drug-likeness (QED) is 0.852. The number of ether oxygens (including phenoxy) is 2. The van der Waals surface area contributed by atoms with Crippen molar-refractivity contribution in [2.75, 3.05) is 14.2 Å². The first-order chi connectivity index (χ1) is 11.1. The molecule has 1 aromatic heterocycles. The Morgan fingerprint density at radius 2 is 1.91 bits per heavy atom. The maximum Gasteiger partial charge on any atom is 0.220 e. The fourth-order valence-corrected chi connectivity index (χ4v) is 2.41. The average Bonchev–Trinajstić information content (AvgIpc) is 2.98. The fourth-order valence-electron chi connectivity index (χ4n) is 2.41. The van der Waals surface area contributed by atoms with Gasteiger partial charge in [-0.2, -0.15) is 0 Å². The van der Waals surface area contributed by atoms with Crippen LogP contribution in [0.1, 0.15) is 37.2 Å². The minimum atomic E-state index is -0.363. The van der Waals surface area contributed by atoms with Crippen LogP contribution in [0.15, 0.2) is 30.6 Å². The van der Waals surface area contributed by atoms with Gasteiger partial charge in [0.2, 0.25) is 5.91 Å².